The number of esters is 1. The lowest BCUT2D eigenvalue weighted by atomic mass is 10.4. The SMILES string of the molecule is CCOC(=O)c1nc2cc(Cl)ccn2c1N=O. The van der Waals surface area contributed by atoms with Crippen LogP contribution in [0.15, 0.2) is 23.5 Å². The number of rotatable bonds is 3. The van der Waals surface area contributed by atoms with Gasteiger partial charge in [-0.3, -0.25) is 4.40 Å². The van der Waals surface area contributed by atoms with Crippen molar-refractivity contribution in [1.29, 1.82) is 0 Å². The highest BCUT2D eigenvalue weighted by Crippen LogP contribution is 2.23. The number of hydrogen-bond donors (Lipinski definition) is 0. The molecule has 0 fully saturated rings. The Bertz CT molecular complexity index is 594. The molecular formula is C10H8ClN3O3. The van der Waals surface area contributed by atoms with E-state index in [2.05, 4.69) is 10.2 Å². The molecule has 0 radical (unpaired) electrons. The van der Waals surface area contributed by atoms with Crippen molar-refractivity contribution in [2.75, 3.05) is 6.61 Å². The minimum atomic E-state index is -0.679. The minimum absolute atomic E-state index is 0.0879. The van der Waals surface area contributed by atoms with Gasteiger partial charge in [-0.05, 0) is 18.2 Å². The van der Waals surface area contributed by atoms with E-state index in [9.17, 15) is 9.70 Å². The van der Waals surface area contributed by atoms with Crippen molar-refractivity contribution in [2.24, 2.45) is 5.18 Å². The molecule has 0 saturated heterocycles. The Balaban J connectivity index is 2.63. The molecule has 2 aromatic rings. The van der Waals surface area contributed by atoms with E-state index in [1.165, 1.54) is 16.7 Å². The van der Waals surface area contributed by atoms with Gasteiger partial charge in [-0.25, -0.2) is 9.78 Å². The van der Waals surface area contributed by atoms with Gasteiger partial charge in [-0.2, -0.15) is 0 Å². The first kappa shape index (κ1) is 11.5. The van der Waals surface area contributed by atoms with E-state index >= 15 is 0 Å². The van der Waals surface area contributed by atoms with E-state index in [0.29, 0.717) is 10.7 Å². The lowest BCUT2D eigenvalue weighted by Gasteiger charge is -1.97. The van der Waals surface area contributed by atoms with Crippen LogP contribution in [0.4, 0.5) is 5.82 Å². The Morgan fingerprint density at radius 1 is 1.65 bits per heavy atom. The average molecular weight is 254 g/mol. The zero-order valence-corrected chi connectivity index (χ0v) is 9.64. The number of nitrogens with zero attached hydrogens (tertiary/aromatic N) is 3. The zero-order chi connectivity index (χ0) is 12.4. The topological polar surface area (TPSA) is 73.0 Å². The van der Waals surface area contributed by atoms with Gasteiger partial charge in [0.25, 0.3) is 0 Å². The summed E-state index contributed by atoms with van der Waals surface area (Å²) in [5.74, 6) is -0.767. The van der Waals surface area contributed by atoms with Crippen molar-refractivity contribution < 1.29 is 9.53 Å². The van der Waals surface area contributed by atoms with Gasteiger partial charge in [0.2, 0.25) is 5.82 Å². The van der Waals surface area contributed by atoms with Crippen LogP contribution in [0.25, 0.3) is 5.65 Å². The molecule has 7 heteroatoms. The Morgan fingerprint density at radius 2 is 2.41 bits per heavy atom. The summed E-state index contributed by atoms with van der Waals surface area (Å²) in [5, 5.41) is 3.25. The molecule has 0 amide bonds. The maximum absolute atomic E-state index is 11.5. The number of ether oxygens (including phenoxy) is 1. The van der Waals surface area contributed by atoms with Crippen LogP contribution in [0.5, 0.6) is 0 Å². The number of carbonyl (C=O) groups excluding carboxylic acids is 1. The number of hydrogen-bond acceptors (Lipinski definition) is 5. The Morgan fingerprint density at radius 3 is 3.06 bits per heavy atom. The largest absolute Gasteiger partial charge is 0.461 e. The van der Waals surface area contributed by atoms with Gasteiger partial charge in [-0.1, -0.05) is 11.6 Å². The second kappa shape index (κ2) is 4.50. The summed E-state index contributed by atoms with van der Waals surface area (Å²) < 4.78 is 6.16. The first-order valence-corrected chi connectivity index (χ1v) is 5.23. The summed E-state index contributed by atoms with van der Waals surface area (Å²) in [6.45, 7) is 1.87. The van der Waals surface area contributed by atoms with Gasteiger partial charge < -0.3 is 4.74 Å². The molecule has 0 N–H and O–H groups in total. The lowest BCUT2D eigenvalue weighted by molar-refractivity contribution is 0.0521. The van der Waals surface area contributed by atoms with Crippen molar-refractivity contribution in [3.8, 4) is 0 Å². The zero-order valence-electron chi connectivity index (χ0n) is 8.88. The maximum Gasteiger partial charge on any atom is 0.361 e. The minimum Gasteiger partial charge on any atom is -0.461 e. The molecule has 0 aliphatic carbocycles. The standard InChI is InChI=1S/C10H8ClN3O3/c1-2-17-10(15)8-9(13-16)14-4-3-6(11)5-7(14)12-8/h3-5H,2H2,1H3. The predicted octanol–water partition coefficient (Wildman–Crippen LogP) is 2.56. The molecule has 0 aliphatic rings. The molecule has 2 rings (SSSR count). The van der Waals surface area contributed by atoms with Crippen LogP contribution in [-0.4, -0.2) is 22.0 Å². The molecule has 2 aromatic heterocycles. The van der Waals surface area contributed by atoms with Gasteiger partial charge >= 0.3 is 5.97 Å². The third-order valence-corrected chi connectivity index (χ3v) is 2.35. The number of imidazole rings is 1. The molecule has 0 atom stereocenters. The molecule has 0 aliphatic heterocycles. The second-order valence-electron chi connectivity index (χ2n) is 3.17. The fraction of sp³-hybridized carbons (Fsp3) is 0.200. The molecule has 88 valence electrons. The normalized spacial score (nSPS) is 10.5. The monoisotopic (exact) mass is 253 g/mol. The third kappa shape index (κ3) is 1.99. The smallest absolute Gasteiger partial charge is 0.361 e. The molecule has 0 aromatic carbocycles. The summed E-state index contributed by atoms with van der Waals surface area (Å²) in [4.78, 5) is 26.3. The fourth-order valence-electron chi connectivity index (χ4n) is 1.43. The lowest BCUT2D eigenvalue weighted by Crippen LogP contribution is -2.05. The van der Waals surface area contributed by atoms with Crippen LogP contribution in [0.2, 0.25) is 5.02 Å². The van der Waals surface area contributed by atoms with Gasteiger partial charge in [0.05, 0.1) is 6.61 Å². The highest BCUT2D eigenvalue weighted by Gasteiger charge is 2.20. The van der Waals surface area contributed by atoms with Crippen LogP contribution in [-0.2, 0) is 4.74 Å². The number of nitroso groups, excluding NO2 is 1. The van der Waals surface area contributed by atoms with Crippen molar-refractivity contribution in [3.63, 3.8) is 0 Å². The van der Waals surface area contributed by atoms with Crippen molar-refractivity contribution in [1.82, 2.24) is 9.38 Å². The van der Waals surface area contributed by atoms with Gasteiger partial charge in [0.15, 0.2) is 5.69 Å². The van der Waals surface area contributed by atoms with Gasteiger partial charge in [-0.15, -0.1) is 4.91 Å². The molecule has 0 bridgehead atoms. The Kier molecular flexibility index (Phi) is 3.06. The van der Waals surface area contributed by atoms with E-state index in [4.69, 9.17) is 16.3 Å². The summed E-state index contributed by atoms with van der Waals surface area (Å²) >= 11 is 5.79. The third-order valence-electron chi connectivity index (χ3n) is 2.12. The Labute approximate surface area is 101 Å². The second-order valence-corrected chi connectivity index (χ2v) is 3.61. The first-order valence-electron chi connectivity index (χ1n) is 4.85. The summed E-state index contributed by atoms with van der Waals surface area (Å²) in [6.07, 6.45) is 1.52. The molecular weight excluding hydrogens is 246 g/mol. The van der Waals surface area contributed by atoms with Crippen molar-refractivity contribution >= 4 is 29.0 Å². The summed E-state index contributed by atoms with van der Waals surface area (Å²) in [5.41, 5.74) is 0.263. The van der Waals surface area contributed by atoms with Crippen molar-refractivity contribution in [2.45, 2.75) is 6.92 Å². The summed E-state index contributed by atoms with van der Waals surface area (Å²) in [6, 6.07) is 3.10. The number of carbonyl (C=O) groups is 1. The van der Waals surface area contributed by atoms with E-state index in [1.54, 1.807) is 13.0 Å². The number of halogens is 1. The van der Waals surface area contributed by atoms with Gasteiger partial charge in [0, 0.05) is 17.3 Å². The van der Waals surface area contributed by atoms with E-state index in [-0.39, 0.29) is 18.1 Å². The highest BCUT2D eigenvalue weighted by atomic mass is 35.5. The quantitative estimate of drug-likeness (QED) is 0.622. The molecule has 2 heterocycles. The number of aromatic nitrogens is 2. The molecule has 17 heavy (non-hydrogen) atoms. The van der Waals surface area contributed by atoms with Crippen LogP contribution in [0.3, 0.4) is 0 Å². The van der Waals surface area contributed by atoms with Crippen LogP contribution >= 0.6 is 11.6 Å². The van der Waals surface area contributed by atoms with E-state index < -0.39 is 5.97 Å². The van der Waals surface area contributed by atoms with E-state index in [1.807, 2.05) is 0 Å². The highest BCUT2D eigenvalue weighted by molar-refractivity contribution is 6.30. The van der Waals surface area contributed by atoms with Crippen molar-refractivity contribution in [3.05, 3.63) is 34.0 Å². The average Bonchev–Trinajstić information content (AvgIpc) is 2.66. The van der Waals surface area contributed by atoms with Crippen LogP contribution in [0.1, 0.15) is 17.4 Å². The molecule has 0 spiro atoms. The van der Waals surface area contributed by atoms with E-state index in [0.717, 1.165) is 0 Å². The van der Waals surface area contributed by atoms with Crippen LogP contribution in [0, 0.1) is 4.91 Å². The predicted molar refractivity (Wildman–Crippen MR) is 61.6 cm³/mol. The molecule has 0 saturated carbocycles. The molecule has 0 unspecified atom stereocenters. The number of pyridine rings is 1. The summed E-state index contributed by atoms with van der Waals surface area (Å²) in [7, 11) is 0. The Hall–Kier alpha value is -1.95. The maximum atomic E-state index is 11.5. The fourth-order valence-corrected chi connectivity index (χ4v) is 1.58. The molecule has 6 nitrogen and oxygen atoms in total. The van der Waals surface area contributed by atoms with Crippen LogP contribution < -0.4 is 0 Å². The number of fused-ring (bicyclic) bond motifs is 1. The first-order chi connectivity index (χ1) is 8.17. The van der Waals surface area contributed by atoms with Gasteiger partial charge in [0.1, 0.15) is 5.65 Å².